The van der Waals surface area contributed by atoms with E-state index in [0.717, 1.165) is 32.5 Å². The Morgan fingerprint density at radius 1 is 1.17 bits per heavy atom. The second-order valence-electron chi connectivity index (χ2n) is 7.11. The van der Waals surface area contributed by atoms with Gasteiger partial charge in [0.2, 0.25) is 0 Å². The number of rotatable bonds is 6. The van der Waals surface area contributed by atoms with E-state index < -0.39 is 18.6 Å². The highest BCUT2D eigenvalue weighted by Gasteiger charge is 2.47. The van der Waals surface area contributed by atoms with Crippen LogP contribution in [0.5, 0.6) is 0 Å². The summed E-state index contributed by atoms with van der Waals surface area (Å²) in [5.74, 6) is -0.761. The Balaban J connectivity index is 0.00000264. The van der Waals surface area contributed by atoms with Crippen molar-refractivity contribution in [1.82, 2.24) is 4.90 Å². The summed E-state index contributed by atoms with van der Waals surface area (Å²) in [5, 5.41) is 27.6. The van der Waals surface area contributed by atoms with Crippen molar-refractivity contribution in [1.29, 1.82) is 0 Å². The van der Waals surface area contributed by atoms with Crippen molar-refractivity contribution in [3.05, 3.63) is 0 Å². The maximum absolute atomic E-state index is 11.8. The summed E-state index contributed by atoms with van der Waals surface area (Å²) >= 11 is 0. The maximum Gasteiger partial charge on any atom is 0.451 e. The van der Waals surface area contributed by atoms with Crippen molar-refractivity contribution in [3.63, 3.8) is 0 Å². The number of nitrogens with zero attached hydrogens (tertiary/aromatic N) is 1. The molecule has 0 aromatic rings. The van der Waals surface area contributed by atoms with Gasteiger partial charge in [0.15, 0.2) is 0 Å². The van der Waals surface area contributed by atoms with Crippen LogP contribution in [-0.4, -0.2) is 58.3 Å². The van der Waals surface area contributed by atoms with E-state index in [4.69, 9.17) is 15.8 Å². The van der Waals surface area contributed by atoms with Crippen molar-refractivity contribution in [2.24, 2.45) is 17.6 Å². The summed E-state index contributed by atoms with van der Waals surface area (Å²) in [5.41, 5.74) is 5.13. The number of piperidine rings is 1. The molecule has 2 fully saturated rings. The van der Waals surface area contributed by atoms with Gasteiger partial charge in [-0.2, -0.15) is 0 Å². The molecule has 9 heteroatoms. The van der Waals surface area contributed by atoms with Crippen LogP contribution >= 0.6 is 24.8 Å². The number of nitrogens with two attached hydrogens (primary N) is 1. The average Bonchev–Trinajstić information content (AvgIpc) is 2.48. The lowest BCUT2D eigenvalue weighted by Gasteiger charge is -2.44. The molecule has 3 atom stereocenters. The summed E-state index contributed by atoms with van der Waals surface area (Å²) in [4.78, 5) is 14.1. The first kappa shape index (κ1) is 24.0. The van der Waals surface area contributed by atoms with Gasteiger partial charge in [-0.1, -0.05) is 12.8 Å². The molecular formula is C15H31BCl2N2O4. The van der Waals surface area contributed by atoms with Crippen molar-refractivity contribution >= 4 is 37.9 Å². The fourth-order valence-corrected chi connectivity index (χ4v) is 4.04. The third-order valence-electron chi connectivity index (χ3n) is 5.44. The molecule has 6 nitrogen and oxygen atoms in total. The number of carbonyl (C=O) groups is 1. The molecule has 1 heterocycles. The highest BCUT2D eigenvalue weighted by Crippen LogP contribution is 2.38. The molecule has 0 amide bonds. The monoisotopic (exact) mass is 384 g/mol. The second-order valence-corrected chi connectivity index (χ2v) is 7.11. The first-order valence-corrected chi connectivity index (χ1v) is 8.52. The van der Waals surface area contributed by atoms with Gasteiger partial charge in [-0.3, -0.25) is 4.79 Å². The zero-order valence-corrected chi connectivity index (χ0v) is 15.7. The van der Waals surface area contributed by atoms with Crippen LogP contribution in [0.15, 0.2) is 0 Å². The van der Waals surface area contributed by atoms with Crippen LogP contribution in [0, 0.1) is 11.8 Å². The van der Waals surface area contributed by atoms with Gasteiger partial charge in [-0.05, 0) is 57.4 Å². The van der Waals surface area contributed by atoms with Gasteiger partial charge >= 0.3 is 13.1 Å². The van der Waals surface area contributed by atoms with Crippen molar-refractivity contribution in [2.45, 2.75) is 56.8 Å². The standard InChI is InChI=1S/C15H29BN2O4.2ClH/c17-15(14(19)20)10-12(6-7-16(21)22)4-5-13(15)11-18-8-2-1-3-9-18;;/h12-13,21-22H,1-11,17H2,(H,19,20);2*1H/t12-,13-,15+;;/m0../s1. The highest BCUT2D eigenvalue weighted by atomic mass is 35.5. The van der Waals surface area contributed by atoms with Crippen molar-refractivity contribution < 1.29 is 19.9 Å². The molecular weight excluding hydrogens is 354 g/mol. The number of hydrogen-bond acceptors (Lipinski definition) is 5. The Bertz CT molecular complexity index is 386. The SMILES string of the molecule is Cl.Cl.N[C@]1(C(=O)O)C[C@H](CCB(O)O)CC[C@H]1CN1CCCCC1. The summed E-state index contributed by atoms with van der Waals surface area (Å²) in [6, 6.07) is 0. The van der Waals surface area contributed by atoms with Gasteiger partial charge < -0.3 is 25.8 Å². The van der Waals surface area contributed by atoms with Crippen LogP contribution in [0.4, 0.5) is 0 Å². The molecule has 24 heavy (non-hydrogen) atoms. The largest absolute Gasteiger partial charge is 0.480 e. The molecule has 0 spiro atoms. The number of carboxylic acid groups (broad SMARTS) is 1. The van der Waals surface area contributed by atoms with Gasteiger partial charge in [0.05, 0.1) is 0 Å². The van der Waals surface area contributed by atoms with E-state index in [2.05, 4.69) is 4.90 Å². The highest BCUT2D eigenvalue weighted by molar-refractivity contribution is 6.40. The first-order chi connectivity index (χ1) is 10.4. The Kier molecular flexibility index (Phi) is 10.8. The third kappa shape index (κ3) is 6.35. The van der Waals surface area contributed by atoms with E-state index in [0.29, 0.717) is 12.8 Å². The number of likely N-dealkylation sites (tertiary alicyclic amines) is 1. The van der Waals surface area contributed by atoms with Crippen molar-refractivity contribution in [2.75, 3.05) is 19.6 Å². The molecule has 1 saturated carbocycles. The predicted octanol–water partition coefficient (Wildman–Crippen LogP) is 1.38. The minimum Gasteiger partial charge on any atom is -0.480 e. The smallest absolute Gasteiger partial charge is 0.451 e. The predicted molar refractivity (Wildman–Crippen MR) is 99.8 cm³/mol. The van der Waals surface area contributed by atoms with E-state index in [1.165, 1.54) is 19.3 Å². The van der Waals surface area contributed by atoms with E-state index in [-0.39, 0.29) is 43.0 Å². The van der Waals surface area contributed by atoms with Crippen LogP contribution in [0.2, 0.25) is 6.32 Å². The molecule has 2 aliphatic rings. The van der Waals surface area contributed by atoms with Gasteiger partial charge in [-0.15, -0.1) is 24.8 Å². The second kappa shape index (κ2) is 10.8. The molecule has 0 radical (unpaired) electrons. The van der Waals surface area contributed by atoms with E-state index in [1.54, 1.807) is 0 Å². The van der Waals surface area contributed by atoms with E-state index in [1.807, 2.05) is 0 Å². The summed E-state index contributed by atoms with van der Waals surface area (Å²) in [7, 11) is -1.32. The van der Waals surface area contributed by atoms with Crippen LogP contribution < -0.4 is 5.73 Å². The molecule has 0 aromatic heterocycles. The van der Waals surface area contributed by atoms with Gasteiger partial charge in [0.25, 0.3) is 0 Å². The molecule has 5 N–H and O–H groups in total. The zero-order chi connectivity index (χ0) is 16.2. The van der Waals surface area contributed by atoms with Gasteiger partial charge in [0.1, 0.15) is 5.54 Å². The number of halogens is 2. The van der Waals surface area contributed by atoms with Gasteiger partial charge in [0, 0.05) is 12.5 Å². The minimum absolute atomic E-state index is 0. The number of aliphatic carboxylic acids is 1. The van der Waals surface area contributed by atoms with E-state index in [9.17, 15) is 9.90 Å². The Morgan fingerprint density at radius 3 is 2.33 bits per heavy atom. The molecule has 1 aliphatic heterocycles. The average molecular weight is 385 g/mol. The van der Waals surface area contributed by atoms with Crippen LogP contribution in [0.1, 0.15) is 44.9 Å². The summed E-state index contributed by atoms with van der Waals surface area (Å²) < 4.78 is 0. The quantitative estimate of drug-likeness (QED) is 0.515. The van der Waals surface area contributed by atoms with Crippen molar-refractivity contribution in [3.8, 4) is 0 Å². The molecule has 1 saturated heterocycles. The lowest BCUT2D eigenvalue weighted by atomic mass is 9.66. The zero-order valence-electron chi connectivity index (χ0n) is 14.1. The minimum atomic E-state index is -1.32. The Morgan fingerprint density at radius 2 is 1.79 bits per heavy atom. The molecule has 0 unspecified atom stereocenters. The first-order valence-electron chi connectivity index (χ1n) is 8.52. The van der Waals surface area contributed by atoms with Crippen LogP contribution in [0.3, 0.4) is 0 Å². The molecule has 1 aliphatic carbocycles. The van der Waals surface area contributed by atoms with Gasteiger partial charge in [-0.25, -0.2) is 0 Å². The fourth-order valence-electron chi connectivity index (χ4n) is 4.04. The third-order valence-corrected chi connectivity index (χ3v) is 5.44. The van der Waals surface area contributed by atoms with E-state index >= 15 is 0 Å². The normalized spacial score (nSPS) is 30.8. The lowest BCUT2D eigenvalue weighted by molar-refractivity contribution is -0.148. The molecule has 142 valence electrons. The summed E-state index contributed by atoms with van der Waals surface area (Å²) in [6.45, 7) is 2.87. The Hall–Kier alpha value is -0.0451. The van der Waals surface area contributed by atoms with Crippen LogP contribution in [0.25, 0.3) is 0 Å². The lowest BCUT2D eigenvalue weighted by Crippen LogP contribution is -2.60. The number of carboxylic acids is 1. The Labute approximate surface area is 157 Å². The maximum atomic E-state index is 11.8. The molecule has 0 bridgehead atoms. The van der Waals surface area contributed by atoms with Crippen LogP contribution in [-0.2, 0) is 4.79 Å². The summed E-state index contributed by atoms with van der Waals surface area (Å²) in [6.07, 6.45) is 6.73. The molecule has 2 rings (SSSR count). The topological polar surface area (TPSA) is 107 Å². The molecule has 0 aromatic carbocycles. The number of hydrogen-bond donors (Lipinski definition) is 4. The fraction of sp³-hybridized carbons (Fsp3) is 0.933.